The Morgan fingerprint density at radius 3 is 1.81 bits per heavy atom. The van der Waals surface area contributed by atoms with Crippen LogP contribution >= 0.6 is 0 Å². The predicted octanol–water partition coefficient (Wildman–Crippen LogP) is 1.60. The van der Waals surface area contributed by atoms with Gasteiger partial charge in [0.25, 0.3) is 0 Å². The average Bonchev–Trinajstić information content (AvgIpc) is 3.09. The van der Waals surface area contributed by atoms with Crippen LogP contribution in [-0.4, -0.2) is 102 Å². The molecule has 306 valence electrons. The Hall–Kier alpha value is -3.95. The maximum Gasteiger partial charge on any atom is 0.325 e. The summed E-state index contributed by atoms with van der Waals surface area (Å²) >= 11 is 0. The Morgan fingerprint density at radius 2 is 1.30 bits per heavy atom. The number of nitrogens with two attached hydrogens (primary N) is 3. The van der Waals surface area contributed by atoms with E-state index >= 15 is 0 Å². The zero-order valence-corrected chi connectivity index (χ0v) is 33.4. The van der Waals surface area contributed by atoms with E-state index in [0.717, 1.165) is 25.7 Å². The summed E-state index contributed by atoms with van der Waals surface area (Å²) in [4.78, 5) is 83.4. The first-order valence-electron chi connectivity index (χ1n) is 19.2. The quantitative estimate of drug-likeness (QED) is 0.0263. The van der Waals surface area contributed by atoms with E-state index in [9.17, 15) is 33.9 Å². The molecule has 0 unspecified atom stereocenters. The van der Waals surface area contributed by atoms with Crippen molar-refractivity contribution < 1.29 is 38.6 Å². The smallest absolute Gasteiger partial charge is 0.325 e. The lowest BCUT2D eigenvalue weighted by molar-refractivity contribution is -0.158. The molecule has 0 heterocycles. The molecule has 16 nitrogen and oxygen atoms in total. The number of likely N-dealkylation sites (N-methyl/N-ethyl adjacent to an activating group) is 1. The normalized spacial score (nSPS) is 15.1. The van der Waals surface area contributed by atoms with Crippen molar-refractivity contribution in [1.82, 2.24) is 20.9 Å². The minimum atomic E-state index is -1.21. The van der Waals surface area contributed by atoms with Crippen molar-refractivity contribution in [2.24, 2.45) is 39.9 Å². The van der Waals surface area contributed by atoms with E-state index in [1.54, 1.807) is 13.8 Å². The highest BCUT2D eigenvalue weighted by molar-refractivity contribution is 5.94. The van der Waals surface area contributed by atoms with E-state index in [1.807, 2.05) is 20.8 Å². The first kappa shape index (κ1) is 49.0. The summed E-state index contributed by atoms with van der Waals surface area (Å²) in [6.07, 6.45) is 8.10. The molecule has 7 atom stereocenters. The molecule has 0 aromatic rings. The highest BCUT2D eigenvalue weighted by atomic mass is 16.5. The molecule has 0 aliphatic heterocycles. The molecule has 0 spiro atoms. The topological polar surface area (TPSA) is 262 Å². The fourth-order valence-corrected chi connectivity index (χ4v) is 5.66. The number of nitrogens with zero attached hydrogens (tertiary/aromatic N) is 2. The van der Waals surface area contributed by atoms with Crippen LogP contribution in [0.5, 0.6) is 0 Å². The van der Waals surface area contributed by atoms with Gasteiger partial charge in [0.05, 0.1) is 24.5 Å². The van der Waals surface area contributed by atoms with Gasteiger partial charge in [0.15, 0.2) is 5.96 Å². The highest BCUT2D eigenvalue weighted by Gasteiger charge is 2.36. The Kier molecular flexibility index (Phi) is 24.8. The van der Waals surface area contributed by atoms with Gasteiger partial charge in [-0.15, -0.1) is 0 Å². The zero-order valence-electron chi connectivity index (χ0n) is 33.4. The fraction of sp³-hybridized carbons (Fsp3) is 0.811. The van der Waals surface area contributed by atoms with Crippen LogP contribution in [-0.2, 0) is 33.5 Å². The predicted molar refractivity (Wildman–Crippen MR) is 205 cm³/mol. The van der Waals surface area contributed by atoms with Crippen molar-refractivity contribution in [2.45, 2.75) is 156 Å². The van der Waals surface area contributed by atoms with Gasteiger partial charge in [-0.25, -0.2) is 0 Å². The van der Waals surface area contributed by atoms with E-state index in [0.29, 0.717) is 19.3 Å². The maximum atomic E-state index is 14.0. The number of amides is 5. The molecule has 5 amide bonds. The van der Waals surface area contributed by atoms with E-state index in [-0.39, 0.29) is 31.3 Å². The molecule has 0 aromatic carbocycles. The Bertz CT molecular complexity index is 1180. The van der Waals surface area contributed by atoms with Gasteiger partial charge in [-0.05, 0) is 38.5 Å². The number of nitrogens with one attached hydrogen (secondary N) is 3. The Balaban J connectivity index is 6.02. The minimum absolute atomic E-state index is 0.0211. The number of hydrogen-bond acceptors (Lipinski definition) is 9. The molecule has 0 aliphatic carbocycles. The number of hydrogen-bond donors (Lipinski definition) is 7. The number of unbranched alkanes of at least 4 members (excludes halogenated alkanes) is 7. The Morgan fingerprint density at radius 1 is 0.736 bits per heavy atom. The Labute approximate surface area is 316 Å². The van der Waals surface area contributed by atoms with Gasteiger partial charge in [-0.1, -0.05) is 92.9 Å². The van der Waals surface area contributed by atoms with Gasteiger partial charge < -0.3 is 47.9 Å². The van der Waals surface area contributed by atoms with Crippen molar-refractivity contribution in [3.8, 4) is 0 Å². The van der Waals surface area contributed by atoms with Crippen LogP contribution < -0.4 is 33.2 Å². The number of primary amides is 1. The van der Waals surface area contributed by atoms with E-state index in [4.69, 9.17) is 21.9 Å². The summed E-state index contributed by atoms with van der Waals surface area (Å²) < 4.78 is 5.79. The minimum Gasteiger partial charge on any atom is -0.460 e. The number of rotatable bonds is 28. The second-order valence-corrected chi connectivity index (χ2v) is 14.5. The number of aliphatic imine (C=N–C) groups is 1. The summed E-state index contributed by atoms with van der Waals surface area (Å²) in [6, 6.07) is -3.24. The molecule has 53 heavy (non-hydrogen) atoms. The third-order valence-corrected chi connectivity index (χ3v) is 9.26. The van der Waals surface area contributed by atoms with Gasteiger partial charge in [-0.2, -0.15) is 0 Å². The standard InChI is InChI=1S/C37H70N8O8/c1-9-11-12-13-14-15-16-17-19-30(53-31(47)22-41-33(49)24(5)26(7)46)25(6)36(52)45(8)29(20-23(3)4)35(51)43-27(18-10-2)34(50)44-28(32(38)48)21-42-37(39)40/h23-30,46H,9-22H2,1-8H3,(H2,38,48)(H,41,49)(H,43,51)(H,44,50)(H4,39,40,42)/t24-,25+,26-,27-,28-,29-,30+/m0/s1. The average molecular weight is 755 g/mol. The van der Waals surface area contributed by atoms with Gasteiger partial charge in [0.2, 0.25) is 29.5 Å². The number of esters is 1. The molecule has 10 N–H and O–H groups in total. The highest BCUT2D eigenvalue weighted by Crippen LogP contribution is 2.22. The molecule has 0 aromatic heterocycles. The van der Waals surface area contributed by atoms with Gasteiger partial charge in [0.1, 0.15) is 30.8 Å². The van der Waals surface area contributed by atoms with Crippen molar-refractivity contribution in [2.75, 3.05) is 20.1 Å². The molecule has 0 aliphatic rings. The monoisotopic (exact) mass is 755 g/mol. The molecule has 0 radical (unpaired) electrons. The number of guanidine groups is 1. The third-order valence-electron chi connectivity index (χ3n) is 9.26. The fourth-order valence-electron chi connectivity index (χ4n) is 5.66. The zero-order chi connectivity index (χ0) is 40.7. The van der Waals surface area contributed by atoms with Crippen LogP contribution in [0.1, 0.15) is 126 Å². The summed E-state index contributed by atoms with van der Waals surface area (Å²) in [6.45, 7) is 11.8. The number of aliphatic hydroxyl groups excluding tert-OH is 1. The second kappa shape index (κ2) is 26.8. The largest absolute Gasteiger partial charge is 0.460 e. The molecule has 0 saturated heterocycles. The summed E-state index contributed by atoms with van der Waals surface area (Å²) in [5, 5.41) is 17.5. The van der Waals surface area contributed by atoms with Gasteiger partial charge in [-0.3, -0.25) is 33.8 Å². The second-order valence-electron chi connectivity index (χ2n) is 14.5. The summed E-state index contributed by atoms with van der Waals surface area (Å²) in [5.41, 5.74) is 16.1. The lowest BCUT2D eigenvalue weighted by Gasteiger charge is -2.34. The van der Waals surface area contributed by atoms with E-state index in [2.05, 4.69) is 27.9 Å². The van der Waals surface area contributed by atoms with Crippen molar-refractivity contribution >= 4 is 41.5 Å². The molecule has 0 rings (SSSR count). The molecule has 0 saturated carbocycles. The number of ether oxygens (including phenoxy) is 1. The molecule has 0 fully saturated rings. The summed E-state index contributed by atoms with van der Waals surface area (Å²) in [7, 11) is 1.51. The first-order valence-corrected chi connectivity index (χ1v) is 19.2. The lowest BCUT2D eigenvalue weighted by atomic mass is 9.94. The van der Waals surface area contributed by atoms with Crippen molar-refractivity contribution in [3.63, 3.8) is 0 Å². The van der Waals surface area contributed by atoms with Crippen LogP contribution in [0.2, 0.25) is 0 Å². The van der Waals surface area contributed by atoms with Gasteiger partial charge in [0, 0.05) is 7.05 Å². The van der Waals surface area contributed by atoms with E-state index in [1.165, 1.54) is 38.1 Å². The van der Waals surface area contributed by atoms with Crippen molar-refractivity contribution in [3.05, 3.63) is 0 Å². The first-order chi connectivity index (χ1) is 24.9. The number of carbonyl (C=O) groups excluding carboxylic acids is 6. The van der Waals surface area contributed by atoms with E-state index < -0.39 is 84.2 Å². The van der Waals surface area contributed by atoms with Crippen LogP contribution in [0.15, 0.2) is 4.99 Å². The van der Waals surface area contributed by atoms with Gasteiger partial charge >= 0.3 is 5.97 Å². The maximum absolute atomic E-state index is 14.0. The molecule has 0 bridgehead atoms. The SMILES string of the molecule is CCCCCCCCCC[C@@H](OC(=O)CNC(=O)[C@@H](C)[C@H](C)O)[C@@H](C)C(=O)N(C)[C@@H](CC(C)C)C(=O)N[C@@H](CCC)C(=O)N[C@@H](CN=C(N)N)C(N)=O. The van der Waals surface area contributed by atoms with Crippen LogP contribution in [0, 0.1) is 17.8 Å². The van der Waals surface area contributed by atoms with Crippen LogP contribution in [0.3, 0.4) is 0 Å². The molecule has 16 heteroatoms. The number of carbonyl (C=O) groups is 6. The molecular weight excluding hydrogens is 684 g/mol. The van der Waals surface area contributed by atoms with Crippen molar-refractivity contribution in [1.29, 1.82) is 0 Å². The van der Waals surface area contributed by atoms with Crippen LogP contribution in [0.4, 0.5) is 0 Å². The third kappa shape index (κ3) is 20.2. The lowest BCUT2D eigenvalue weighted by Crippen LogP contribution is -2.58. The molecular formula is C37H70N8O8. The van der Waals surface area contributed by atoms with Crippen LogP contribution in [0.25, 0.3) is 0 Å². The summed E-state index contributed by atoms with van der Waals surface area (Å²) in [5.74, 6) is -5.62. The number of aliphatic hydroxyl groups is 1.